The number of halogens is 1. The van der Waals surface area contributed by atoms with Gasteiger partial charge in [0.25, 0.3) is 0 Å². The third-order valence-electron chi connectivity index (χ3n) is 5.52. The molecule has 1 saturated heterocycles. The maximum atomic E-state index is 14.6. The van der Waals surface area contributed by atoms with E-state index >= 15 is 0 Å². The van der Waals surface area contributed by atoms with Crippen LogP contribution >= 0.6 is 0 Å². The van der Waals surface area contributed by atoms with Crippen LogP contribution in [0.5, 0.6) is 0 Å². The van der Waals surface area contributed by atoms with Crippen molar-refractivity contribution < 1.29 is 4.39 Å². The number of pyridine rings is 1. The zero-order valence-electron chi connectivity index (χ0n) is 16.1. The van der Waals surface area contributed by atoms with E-state index in [-0.39, 0.29) is 5.82 Å². The average Bonchev–Trinajstić information content (AvgIpc) is 3.11. The van der Waals surface area contributed by atoms with Crippen LogP contribution in [0.4, 0.5) is 10.2 Å². The summed E-state index contributed by atoms with van der Waals surface area (Å²) in [5.74, 6) is 1.96. The van der Waals surface area contributed by atoms with E-state index in [4.69, 9.17) is 0 Å². The van der Waals surface area contributed by atoms with Crippen molar-refractivity contribution in [3.63, 3.8) is 0 Å². The molecule has 0 radical (unpaired) electrons. The summed E-state index contributed by atoms with van der Waals surface area (Å²) >= 11 is 0. The quantitative estimate of drug-likeness (QED) is 0.656. The Morgan fingerprint density at radius 3 is 2.89 bits per heavy atom. The summed E-state index contributed by atoms with van der Waals surface area (Å²) < 4.78 is 14.6. The topological polar surface area (TPSA) is 44.8 Å². The molecule has 4 rings (SSSR count). The minimum atomic E-state index is -0.329. The molecule has 1 unspecified atom stereocenters. The normalized spacial score (nSPS) is 17.8. The molecule has 1 aromatic carbocycles. The van der Waals surface area contributed by atoms with Crippen molar-refractivity contribution in [3.8, 4) is 11.4 Å². The number of rotatable bonds is 5. The number of H-pyrrole nitrogens is 1. The summed E-state index contributed by atoms with van der Waals surface area (Å²) in [6.45, 7) is 6.55. The van der Waals surface area contributed by atoms with Gasteiger partial charge in [-0.3, -0.25) is 5.10 Å². The molecular formula is C22H27FN4. The Hall–Kier alpha value is -2.43. The second-order valence-corrected chi connectivity index (χ2v) is 8.04. The van der Waals surface area contributed by atoms with E-state index in [1.165, 1.54) is 31.7 Å². The maximum absolute atomic E-state index is 14.6. The van der Waals surface area contributed by atoms with Crippen LogP contribution in [0.1, 0.15) is 39.5 Å². The van der Waals surface area contributed by atoms with Crippen LogP contribution < -0.4 is 4.90 Å². The van der Waals surface area contributed by atoms with Crippen LogP contribution in [0.25, 0.3) is 22.3 Å². The molecule has 0 saturated carbocycles. The molecule has 4 nitrogen and oxygen atoms in total. The van der Waals surface area contributed by atoms with E-state index in [0.717, 1.165) is 35.7 Å². The summed E-state index contributed by atoms with van der Waals surface area (Å²) in [5, 5.41) is 8.21. The third kappa shape index (κ3) is 3.82. The number of anilines is 1. The van der Waals surface area contributed by atoms with Crippen LogP contribution in [0.15, 0.2) is 36.4 Å². The number of nitrogens with one attached hydrogen (secondary N) is 1. The number of piperidine rings is 1. The van der Waals surface area contributed by atoms with Crippen molar-refractivity contribution in [1.29, 1.82) is 0 Å². The molecule has 1 aliphatic rings. The monoisotopic (exact) mass is 366 g/mol. The Morgan fingerprint density at radius 2 is 2.04 bits per heavy atom. The van der Waals surface area contributed by atoms with Crippen molar-refractivity contribution in [2.24, 2.45) is 11.8 Å². The standard InChI is InChI=1S/C22H27FN4/c1-15(2)9-10-16-6-5-13-27(14-16)20-12-11-18(23)22(24-20)21-17-7-3-4-8-19(17)25-26-21/h3-4,7-8,11-12,15-16H,5-6,9-10,13-14H2,1-2H3,(H,25,26). The number of aromatic amines is 1. The van der Waals surface area contributed by atoms with Crippen molar-refractivity contribution in [1.82, 2.24) is 15.2 Å². The largest absolute Gasteiger partial charge is 0.356 e. The van der Waals surface area contributed by atoms with Crippen LogP contribution in [0.3, 0.4) is 0 Å². The van der Waals surface area contributed by atoms with Gasteiger partial charge in [0.15, 0.2) is 5.82 Å². The zero-order chi connectivity index (χ0) is 18.8. The summed E-state index contributed by atoms with van der Waals surface area (Å²) in [6.07, 6.45) is 4.97. The molecule has 5 heteroatoms. The van der Waals surface area contributed by atoms with Crippen LogP contribution in [0, 0.1) is 17.7 Å². The SMILES string of the molecule is CC(C)CCC1CCCN(c2ccc(F)c(-c3n[nH]c4ccccc34)n2)C1. The Bertz CT molecular complexity index is 918. The van der Waals surface area contributed by atoms with Gasteiger partial charge in [-0.15, -0.1) is 0 Å². The molecule has 1 atom stereocenters. The fraction of sp³-hybridized carbons (Fsp3) is 0.455. The molecule has 27 heavy (non-hydrogen) atoms. The van der Waals surface area contributed by atoms with Crippen molar-refractivity contribution in [2.75, 3.05) is 18.0 Å². The summed E-state index contributed by atoms with van der Waals surface area (Å²) in [6, 6.07) is 11.1. The van der Waals surface area contributed by atoms with E-state index in [0.29, 0.717) is 17.3 Å². The first-order valence-corrected chi connectivity index (χ1v) is 9.97. The van der Waals surface area contributed by atoms with Gasteiger partial charge >= 0.3 is 0 Å². The number of nitrogens with zero attached hydrogens (tertiary/aromatic N) is 3. The molecule has 1 fully saturated rings. The molecule has 3 heterocycles. The van der Waals surface area contributed by atoms with Gasteiger partial charge in [0, 0.05) is 18.5 Å². The van der Waals surface area contributed by atoms with E-state index < -0.39 is 0 Å². The highest BCUT2D eigenvalue weighted by Crippen LogP contribution is 2.31. The lowest BCUT2D eigenvalue weighted by Crippen LogP contribution is -2.36. The van der Waals surface area contributed by atoms with Gasteiger partial charge in [-0.1, -0.05) is 38.5 Å². The Morgan fingerprint density at radius 1 is 1.19 bits per heavy atom. The fourth-order valence-electron chi connectivity index (χ4n) is 4.00. The molecule has 3 aromatic rings. The molecule has 0 aliphatic carbocycles. The number of benzene rings is 1. The molecular weight excluding hydrogens is 339 g/mol. The smallest absolute Gasteiger partial charge is 0.151 e. The molecule has 2 aromatic heterocycles. The minimum absolute atomic E-state index is 0.328. The lowest BCUT2D eigenvalue weighted by Gasteiger charge is -2.34. The lowest BCUT2D eigenvalue weighted by molar-refractivity contribution is 0.359. The predicted molar refractivity (Wildman–Crippen MR) is 108 cm³/mol. The van der Waals surface area contributed by atoms with Gasteiger partial charge in [0.2, 0.25) is 0 Å². The number of hydrogen-bond acceptors (Lipinski definition) is 3. The third-order valence-corrected chi connectivity index (χ3v) is 5.52. The van der Waals surface area contributed by atoms with E-state index in [1.54, 1.807) is 6.07 Å². The van der Waals surface area contributed by atoms with Gasteiger partial charge in [-0.2, -0.15) is 5.10 Å². The summed E-state index contributed by atoms with van der Waals surface area (Å²) in [5.41, 5.74) is 1.80. The molecule has 1 aliphatic heterocycles. The number of aromatic nitrogens is 3. The number of fused-ring (bicyclic) bond motifs is 1. The highest BCUT2D eigenvalue weighted by molar-refractivity contribution is 5.92. The fourth-order valence-corrected chi connectivity index (χ4v) is 4.00. The van der Waals surface area contributed by atoms with Crippen LogP contribution in [0.2, 0.25) is 0 Å². The first kappa shape index (κ1) is 18.0. The Labute approximate surface area is 159 Å². The van der Waals surface area contributed by atoms with E-state index in [1.807, 2.05) is 24.3 Å². The molecule has 0 spiro atoms. The first-order chi connectivity index (χ1) is 13.1. The molecule has 0 amide bonds. The predicted octanol–water partition coefficient (Wildman–Crippen LogP) is 5.42. The lowest BCUT2D eigenvalue weighted by atomic mass is 9.91. The summed E-state index contributed by atoms with van der Waals surface area (Å²) in [7, 11) is 0. The van der Waals surface area contributed by atoms with Crippen molar-refractivity contribution >= 4 is 16.7 Å². The van der Waals surface area contributed by atoms with Crippen LogP contribution in [-0.4, -0.2) is 28.3 Å². The second kappa shape index (κ2) is 7.67. The van der Waals surface area contributed by atoms with Gasteiger partial charge < -0.3 is 4.90 Å². The van der Waals surface area contributed by atoms with Gasteiger partial charge in [-0.05, 0) is 49.3 Å². The van der Waals surface area contributed by atoms with Crippen LogP contribution in [-0.2, 0) is 0 Å². The summed E-state index contributed by atoms with van der Waals surface area (Å²) in [4.78, 5) is 7.00. The number of hydrogen-bond donors (Lipinski definition) is 1. The second-order valence-electron chi connectivity index (χ2n) is 8.04. The van der Waals surface area contributed by atoms with E-state index in [9.17, 15) is 4.39 Å². The van der Waals surface area contributed by atoms with Gasteiger partial charge in [-0.25, -0.2) is 9.37 Å². The minimum Gasteiger partial charge on any atom is -0.356 e. The molecule has 0 bridgehead atoms. The molecule has 1 N–H and O–H groups in total. The van der Waals surface area contributed by atoms with Crippen molar-refractivity contribution in [3.05, 3.63) is 42.2 Å². The Kier molecular flexibility index (Phi) is 5.10. The highest BCUT2D eigenvalue weighted by Gasteiger charge is 2.23. The molecule has 142 valence electrons. The number of para-hydroxylation sites is 1. The highest BCUT2D eigenvalue weighted by atomic mass is 19.1. The maximum Gasteiger partial charge on any atom is 0.151 e. The van der Waals surface area contributed by atoms with Gasteiger partial charge in [0.1, 0.15) is 17.2 Å². The zero-order valence-corrected chi connectivity index (χ0v) is 16.1. The van der Waals surface area contributed by atoms with Crippen molar-refractivity contribution in [2.45, 2.75) is 39.5 Å². The van der Waals surface area contributed by atoms with Gasteiger partial charge in [0.05, 0.1) is 5.52 Å². The first-order valence-electron chi connectivity index (χ1n) is 9.97. The average molecular weight is 366 g/mol. The van der Waals surface area contributed by atoms with E-state index in [2.05, 4.69) is 33.9 Å². The Balaban J connectivity index is 1.61.